The summed E-state index contributed by atoms with van der Waals surface area (Å²) in [4.78, 5) is 33.0. The summed E-state index contributed by atoms with van der Waals surface area (Å²) in [6, 6.07) is 4.72. The van der Waals surface area contributed by atoms with E-state index in [1.54, 1.807) is 37.3 Å². The van der Waals surface area contributed by atoms with Gasteiger partial charge in [0.2, 0.25) is 11.9 Å². The minimum Gasteiger partial charge on any atom is -0.270 e. The minimum absolute atomic E-state index is 0.126. The Morgan fingerprint density at radius 2 is 1.93 bits per heavy atom. The number of amides is 3. The largest absolute Gasteiger partial charge is 0.416 e. The van der Waals surface area contributed by atoms with E-state index in [9.17, 15) is 14.0 Å². The SMILES string of the molecule is CC1=NN(C)C2=[N+](C1C)C1C(=O)N(Cc3ccccc3F)C(=O)N(C)C1=N2. The van der Waals surface area contributed by atoms with Gasteiger partial charge in [-0.1, -0.05) is 23.2 Å². The van der Waals surface area contributed by atoms with Gasteiger partial charge in [-0.25, -0.2) is 13.8 Å². The fourth-order valence-electron chi connectivity index (χ4n) is 3.61. The van der Waals surface area contributed by atoms with Crippen molar-refractivity contribution in [2.75, 3.05) is 14.1 Å². The van der Waals surface area contributed by atoms with E-state index in [1.807, 2.05) is 18.4 Å². The zero-order chi connectivity index (χ0) is 19.5. The van der Waals surface area contributed by atoms with Crippen LogP contribution in [0.25, 0.3) is 0 Å². The van der Waals surface area contributed by atoms with Gasteiger partial charge in [-0.2, -0.15) is 0 Å². The van der Waals surface area contributed by atoms with Crippen LogP contribution in [-0.4, -0.2) is 75.0 Å². The number of hydrazone groups is 1. The van der Waals surface area contributed by atoms with E-state index in [2.05, 4.69) is 10.1 Å². The molecule has 3 aliphatic rings. The first-order valence-corrected chi connectivity index (χ1v) is 8.66. The van der Waals surface area contributed by atoms with Crippen molar-refractivity contribution in [2.45, 2.75) is 32.5 Å². The van der Waals surface area contributed by atoms with Crippen LogP contribution in [0.15, 0.2) is 34.4 Å². The average molecular weight is 371 g/mol. The summed E-state index contributed by atoms with van der Waals surface area (Å²) in [6.07, 6.45) is 0. The van der Waals surface area contributed by atoms with Gasteiger partial charge in [0.25, 0.3) is 5.91 Å². The number of carbonyl (C=O) groups excluding carboxylic acids is 2. The molecule has 0 saturated carbocycles. The molecule has 9 heteroatoms. The predicted molar refractivity (Wildman–Crippen MR) is 96.9 cm³/mol. The lowest BCUT2D eigenvalue weighted by Gasteiger charge is -2.35. The third-order valence-electron chi connectivity index (χ3n) is 5.23. The quantitative estimate of drug-likeness (QED) is 0.731. The highest BCUT2D eigenvalue weighted by molar-refractivity contribution is 6.23. The fraction of sp³-hybridized carbons (Fsp3) is 0.389. The fourth-order valence-corrected chi connectivity index (χ4v) is 3.61. The Morgan fingerprint density at radius 1 is 1.22 bits per heavy atom. The lowest BCUT2D eigenvalue weighted by molar-refractivity contribution is -0.558. The van der Waals surface area contributed by atoms with Gasteiger partial charge in [-0.05, 0) is 19.9 Å². The molecule has 0 bridgehead atoms. The number of carbonyl (C=O) groups is 2. The molecule has 0 aromatic heterocycles. The van der Waals surface area contributed by atoms with Gasteiger partial charge in [-0.3, -0.25) is 14.6 Å². The maximum absolute atomic E-state index is 14.1. The molecule has 0 aliphatic carbocycles. The second kappa shape index (κ2) is 5.97. The molecular weight excluding hydrogens is 351 g/mol. The lowest BCUT2D eigenvalue weighted by Crippen LogP contribution is -2.64. The first-order valence-electron chi connectivity index (χ1n) is 8.66. The van der Waals surface area contributed by atoms with Crippen molar-refractivity contribution < 1.29 is 18.6 Å². The Bertz CT molecular complexity index is 953. The highest BCUT2D eigenvalue weighted by Gasteiger charge is 2.55. The molecule has 27 heavy (non-hydrogen) atoms. The third-order valence-corrected chi connectivity index (χ3v) is 5.23. The molecule has 1 saturated heterocycles. The number of hydrogen-bond donors (Lipinski definition) is 0. The molecule has 8 nitrogen and oxygen atoms in total. The number of urea groups is 1. The first-order chi connectivity index (χ1) is 12.8. The summed E-state index contributed by atoms with van der Waals surface area (Å²) in [5, 5.41) is 6.02. The highest BCUT2D eigenvalue weighted by Crippen LogP contribution is 2.26. The van der Waals surface area contributed by atoms with Gasteiger partial charge in [0.05, 0.1) is 19.3 Å². The minimum atomic E-state index is -0.739. The number of benzene rings is 1. The van der Waals surface area contributed by atoms with Crippen LogP contribution in [0.5, 0.6) is 0 Å². The number of amidine groups is 1. The van der Waals surface area contributed by atoms with Crippen molar-refractivity contribution in [3.8, 4) is 0 Å². The average Bonchev–Trinajstić information content (AvgIpc) is 3.04. The molecule has 3 amide bonds. The Hall–Kier alpha value is -3.10. The number of guanidine groups is 1. The van der Waals surface area contributed by atoms with Gasteiger partial charge < -0.3 is 0 Å². The Morgan fingerprint density at radius 3 is 2.63 bits per heavy atom. The maximum atomic E-state index is 14.1. The van der Waals surface area contributed by atoms with E-state index in [0.29, 0.717) is 11.8 Å². The normalized spacial score (nSPS) is 24.9. The molecule has 0 N–H and O–H groups in total. The topological polar surface area (TPSA) is 71.6 Å². The molecular formula is C18H20FN6O2+. The molecule has 1 aromatic rings. The Labute approximate surface area is 155 Å². The summed E-state index contributed by atoms with van der Waals surface area (Å²) in [6.45, 7) is 3.70. The summed E-state index contributed by atoms with van der Waals surface area (Å²) < 4.78 is 15.9. The van der Waals surface area contributed by atoms with E-state index in [-0.39, 0.29) is 18.2 Å². The van der Waals surface area contributed by atoms with Gasteiger partial charge in [-0.15, -0.1) is 10.1 Å². The summed E-state index contributed by atoms with van der Waals surface area (Å²) >= 11 is 0. The zero-order valence-corrected chi connectivity index (χ0v) is 15.5. The summed E-state index contributed by atoms with van der Waals surface area (Å²) in [7, 11) is 3.33. The number of rotatable bonds is 2. The summed E-state index contributed by atoms with van der Waals surface area (Å²) in [5.74, 6) is 0.0280. The Balaban J connectivity index is 1.74. The molecule has 0 radical (unpaired) electrons. The first kappa shape index (κ1) is 17.3. The lowest BCUT2D eigenvalue weighted by atomic mass is 10.1. The zero-order valence-electron chi connectivity index (χ0n) is 15.5. The maximum Gasteiger partial charge on any atom is 0.416 e. The van der Waals surface area contributed by atoms with Crippen LogP contribution >= 0.6 is 0 Å². The van der Waals surface area contributed by atoms with Crippen LogP contribution in [0.4, 0.5) is 9.18 Å². The predicted octanol–water partition coefficient (Wildman–Crippen LogP) is 1.08. The van der Waals surface area contributed by atoms with Gasteiger partial charge in [0.15, 0.2) is 0 Å². The third kappa shape index (κ3) is 2.45. The summed E-state index contributed by atoms with van der Waals surface area (Å²) in [5.41, 5.74) is 1.13. The molecule has 140 valence electrons. The highest BCUT2D eigenvalue weighted by atomic mass is 19.1. The van der Waals surface area contributed by atoms with Crippen molar-refractivity contribution in [3.63, 3.8) is 0 Å². The number of halogens is 1. The second-order valence-corrected chi connectivity index (χ2v) is 6.88. The van der Waals surface area contributed by atoms with Crippen LogP contribution in [-0.2, 0) is 11.3 Å². The molecule has 0 spiro atoms. The van der Waals surface area contributed by atoms with Crippen LogP contribution in [0.3, 0.4) is 0 Å². The van der Waals surface area contributed by atoms with Crippen molar-refractivity contribution in [1.29, 1.82) is 0 Å². The van der Waals surface area contributed by atoms with Crippen LogP contribution < -0.4 is 0 Å². The van der Waals surface area contributed by atoms with Gasteiger partial charge in [0.1, 0.15) is 11.9 Å². The van der Waals surface area contributed by atoms with E-state index in [4.69, 9.17) is 0 Å². The van der Waals surface area contributed by atoms with Crippen molar-refractivity contribution in [1.82, 2.24) is 14.8 Å². The monoisotopic (exact) mass is 371 g/mol. The van der Waals surface area contributed by atoms with Crippen LogP contribution in [0.1, 0.15) is 19.4 Å². The molecule has 2 atom stereocenters. The Kier molecular flexibility index (Phi) is 3.83. The number of likely N-dealkylation sites (N-methyl/N-ethyl adjacent to an activating group) is 1. The van der Waals surface area contributed by atoms with Crippen LogP contribution in [0.2, 0.25) is 0 Å². The van der Waals surface area contributed by atoms with Crippen molar-refractivity contribution in [2.24, 2.45) is 10.1 Å². The molecule has 4 rings (SSSR count). The molecule has 2 unspecified atom stereocenters. The number of aliphatic imine (C=N–C) groups is 1. The van der Waals surface area contributed by atoms with Crippen molar-refractivity contribution in [3.05, 3.63) is 35.6 Å². The van der Waals surface area contributed by atoms with Gasteiger partial charge in [0, 0.05) is 12.6 Å². The van der Waals surface area contributed by atoms with E-state index >= 15 is 0 Å². The number of hydrogen-bond acceptors (Lipinski definition) is 5. The number of nitrogens with zero attached hydrogens (tertiary/aromatic N) is 6. The molecule has 3 aliphatic heterocycles. The number of imide groups is 1. The van der Waals surface area contributed by atoms with Crippen LogP contribution in [0, 0.1) is 5.82 Å². The van der Waals surface area contributed by atoms with E-state index < -0.39 is 23.8 Å². The van der Waals surface area contributed by atoms with E-state index in [0.717, 1.165) is 10.6 Å². The van der Waals surface area contributed by atoms with E-state index in [1.165, 1.54) is 11.0 Å². The van der Waals surface area contributed by atoms with Gasteiger partial charge >= 0.3 is 12.0 Å². The van der Waals surface area contributed by atoms with Crippen molar-refractivity contribution >= 4 is 29.4 Å². The molecule has 3 heterocycles. The molecule has 1 fully saturated rings. The molecule has 1 aromatic carbocycles. The smallest absolute Gasteiger partial charge is 0.270 e. The standard InChI is InChI=1S/C18H20FN6O2/c1-10-11(2)25-14-15(20-17(25)23(4)21-10)22(3)18(27)24(16(14)26)9-12-7-5-6-8-13(12)19/h5-8,11,14H,9H2,1-4H3/q+1. The number of fused-ring (bicyclic) bond motifs is 2. The second-order valence-electron chi connectivity index (χ2n) is 6.88.